The quantitative estimate of drug-likeness (QED) is 0.237. The number of ether oxygens (including phenoxy) is 3. The van der Waals surface area contributed by atoms with Crippen molar-refractivity contribution in [2.24, 2.45) is 0 Å². The highest BCUT2D eigenvalue weighted by Gasteiger charge is 2.35. The Morgan fingerprint density at radius 2 is 1.66 bits per heavy atom. The van der Waals surface area contributed by atoms with E-state index in [0.29, 0.717) is 28.0 Å². The number of rotatable bonds is 7. The van der Waals surface area contributed by atoms with Gasteiger partial charge in [0.25, 0.3) is 0 Å². The van der Waals surface area contributed by atoms with Crippen LogP contribution in [0, 0.1) is 13.8 Å². The van der Waals surface area contributed by atoms with Crippen molar-refractivity contribution in [3.8, 4) is 11.5 Å². The summed E-state index contributed by atoms with van der Waals surface area (Å²) in [7, 11) is 1.13. The highest BCUT2D eigenvalue weighted by atomic mass is 19.4. The maximum Gasteiger partial charge on any atom is 0.419 e. The fourth-order valence-electron chi connectivity index (χ4n) is 3.50. The molecule has 0 aromatic heterocycles. The Balaban J connectivity index is 2.52. The predicted molar refractivity (Wildman–Crippen MR) is 128 cm³/mol. The first-order chi connectivity index (χ1) is 16.0. The molecule has 0 amide bonds. The van der Waals surface area contributed by atoms with Gasteiger partial charge in [0.15, 0.2) is 5.78 Å². The van der Waals surface area contributed by atoms with Crippen LogP contribution in [0.15, 0.2) is 30.3 Å². The van der Waals surface area contributed by atoms with Crippen LogP contribution in [-0.4, -0.2) is 30.6 Å². The lowest BCUT2D eigenvalue weighted by molar-refractivity contribution is -0.138. The number of carbonyl (C=O) groups excluding carboxylic acids is 2. The van der Waals surface area contributed by atoms with Gasteiger partial charge in [-0.1, -0.05) is 0 Å². The summed E-state index contributed by atoms with van der Waals surface area (Å²) < 4.78 is 56.3. The second-order valence-corrected chi connectivity index (χ2v) is 9.39. The first-order valence-electron chi connectivity index (χ1n) is 11.1. The Labute approximate surface area is 203 Å². The Bertz CT molecular complexity index is 1140. The molecule has 0 atom stereocenters. The Morgan fingerprint density at radius 1 is 1.03 bits per heavy atom. The third-order valence-corrected chi connectivity index (χ3v) is 4.90. The lowest BCUT2D eigenvalue weighted by Gasteiger charge is -2.23. The third-order valence-electron chi connectivity index (χ3n) is 4.90. The van der Waals surface area contributed by atoms with E-state index < -0.39 is 29.1 Å². The fourth-order valence-corrected chi connectivity index (χ4v) is 3.50. The third kappa shape index (κ3) is 7.10. The molecule has 0 fully saturated rings. The number of aryl methyl sites for hydroxylation is 1. The van der Waals surface area contributed by atoms with Crippen LogP contribution in [0.5, 0.6) is 11.5 Å². The van der Waals surface area contributed by atoms with Gasteiger partial charge in [-0.05, 0) is 90.4 Å². The van der Waals surface area contributed by atoms with Crippen LogP contribution in [0.3, 0.4) is 0 Å². The monoisotopic (exact) mass is 492 g/mol. The molecular formula is C27H31F3O5. The minimum absolute atomic E-state index is 0.139. The molecule has 0 saturated carbocycles. The van der Waals surface area contributed by atoms with Crippen LogP contribution in [0.4, 0.5) is 13.2 Å². The molecule has 35 heavy (non-hydrogen) atoms. The average molecular weight is 493 g/mol. The number of carbonyl (C=O) groups is 2. The molecule has 0 radical (unpaired) electrons. The molecule has 0 spiro atoms. The lowest BCUT2D eigenvalue weighted by atomic mass is 9.96. The van der Waals surface area contributed by atoms with E-state index in [1.54, 1.807) is 40.7 Å². The van der Waals surface area contributed by atoms with Crippen LogP contribution >= 0.6 is 0 Å². The van der Waals surface area contributed by atoms with Crippen LogP contribution in [-0.2, 0) is 10.9 Å². The zero-order chi connectivity index (χ0) is 26.7. The van der Waals surface area contributed by atoms with Gasteiger partial charge < -0.3 is 14.2 Å². The lowest BCUT2D eigenvalue weighted by Crippen LogP contribution is -2.25. The number of methoxy groups -OCH3 is 1. The topological polar surface area (TPSA) is 61.8 Å². The predicted octanol–water partition coefficient (Wildman–Crippen LogP) is 6.97. The molecule has 190 valence electrons. The van der Waals surface area contributed by atoms with Crippen LogP contribution < -0.4 is 9.47 Å². The first kappa shape index (κ1) is 28.0. The molecule has 8 heteroatoms. The van der Waals surface area contributed by atoms with Crippen molar-refractivity contribution >= 4 is 17.8 Å². The van der Waals surface area contributed by atoms with Gasteiger partial charge in [-0.3, -0.25) is 4.79 Å². The van der Waals surface area contributed by atoms with Gasteiger partial charge in [-0.2, -0.15) is 13.2 Å². The van der Waals surface area contributed by atoms with Crippen molar-refractivity contribution < 1.29 is 37.0 Å². The zero-order valence-corrected chi connectivity index (χ0v) is 21.2. The molecule has 0 aliphatic heterocycles. The molecule has 5 nitrogen and oxygen atoms in total. The Hall–Kier alpha value is -3.29. The minimum Gasteiger partial charge on any atom is -0.496 e. The summed E-state index contributed by atoms with van der Waals surface area (Å²) in [5.41, 5.74) is 0.180. The number of benzene rings is 2. The summed E-state index contributed by atoms with van der Waals surface area (Å²) in [6.45, 7) is 12.4. The van der Waals surface area contributed by atoms with Crippen molar-refractivity contribution in [1.82, 2.24) is 0 Å². The van der Waals surface area contributed by atoms with E-state index in [1.807, 2.05) is 13.8 Å². The number of allylic oxidation sites excluding steroid dienone is 1. The van der Waals surface area contributed by atoms with Gasteiger partial charge in [0.05, 0.1) is 24.3 Å². The van der Waals surface area contributed by atoms with Crippen molar-refractivity contribution in [3.05, 3.63) is 63.7 Å². The molecule has 0 heterocycles. The van der Waals surface area contributed by atoms with Gasteiger partial charge in [-0.15, -0.1) is 0 Å². The SMILES string of the molecule is COc1ccc(C(=O)C=Cc2cc(C)c(C(=O)OC(C)(C)C)c(C)c2OC(C)C)cc1C(F)(F)F. The molecule has 0 N–H and O–H groups in total. The summed E-state index contributed by atoms with van der Waals surface area (Å²) in [6.07, 6.45) is -2.26. The van der Waals surface area contributed by atoms with E-state index in [4.69, 9.17) is 14.2 Å². The highest BCUT2D eigenvalue weighted by molar-refractivity contribution is 6.07. The van der Waals surface area contributed by atoms with Crippen LogP contribution in [0.1, 0.15) is 77.6 Å². The Kier molecular flexibility index (Phi) is 8.42. The second-order valence-electron chi connectivity index (χ2n) is 9.39. The van der Waals surface area contributed by atoms with Gasteiger partial charge >= 0.3 is 12.1 Å². The van der Waals surface area contributed by atoms with Crippen LogP contribution in [0.2, 0.25) is 0 Å². The number of alkyl halides is 3. The standard InChI is InChI=1S/C27H31F3O5/c1-15(2)34-24-17(4)23(25(32)35-26(5,6)7)16(3)13-19(24)9-11-21(31)18-10-12-22(33-8)20(14-18)27(28,29)30/h9-15H,1-8H3. The van der Waals surface area contributed by atoms with Gasteiger partial charge in [-0.25, -0.2) is 4.79 Å². The van der Waals surface area contributed by atoms with Gasteiger partial charge in [0.1, 0.15) is 17.1 Å². The molecule has 0 bridgehead atoms. The van der Waals surface area contributed by atoms with Crippen LogP contribution in [0.25, 0.3) is 6.08 Å². The molecular weight excluding hydrogens is 461 g/mol. The number of hydrogen-bond donors (Lipinski definition) is 0. The highest BCUT2D eigenvalue weighted by Crippen LogP contribution is 2.37. The number of halogens is 3. The van der Waals surface area contributed by atoms with E-state index in [0.717, 1.165) is 19.2 Å². The molecule has 2 aromatic rings. The second kappa shape index (κ2) is 10.5. The number of hydrogen-bond acceptors (Lipinski definition) is 5. The number of esters is 1. The van der Waals surface area contributed by atoms with E-state index in [-0.39, 0.29) is 17.4 Å². The van der Waals surface area contributed by atoms with Gasteiger partial charge in [0.2, 0.25) is 0 Å². The molecule has 0 aliphatic carbocycles. The van der Waals surface area contributed by atoms with Crippen molar-refractivity contribution in [2.75, 3.05) is 7.11 Å². The largest absolute Gasteiger partial charge is 0.496 e. The van der Waals surface area contributed by atoms with E-state index in [9.17, 15) is 22.8 Å². The summed E-state index contributed by atoms with van der Waals surface area (Å²) in [4.78, 5) is 25.5. The van der Waals surface area contributed by atoms with E-state index >= 15 is 0 Å². The van der Waals surface area contributed by atoms with Crippen molar-refractivity contribution in [1.29, 1.82) is 0 Å². The molecule has 0 saturated heterocycles. The van der Waals surface area contributed by atoms with E-state index in [1.165, 1.54) is 18.2 Å². The first-order valence-corrected chi connectivity index (χ1v) is 11.1. The zero-order valence-electron chi connectivity index (χ0n) is 21.2. The summed E-state index contributed by atoms with van der Waals surface area (Å²) in [5, 5.41) is 0. The summed E-state index contributed by atoms with van der Waals surface area (Å²) in [5.74, 6) is -1.10. The maximum absolute atomic E-state index is 13.3. The van der Waals surface area contributed by atoms with Crippen molar-refractivity contribution in [3.63, 3.8) is 0 Å². The minimum atomic E-state index is -4.67. The average Bonchev–Trinajstić information content (AvgIpc) is 2.71. The maximum atomic E-state index is 13.3. The smallest absolute Gasteiger partial charge is 0.419 e. The molecule has 2 rings (SSSR count). The Morgan fingerprint density at radius 3 is 2.17 bits per heavy atom. The fraction of sp³-hybridized carbons (Fsp3) is 0.407. The summed E-state index contributed by atoms with van der Waals surface area (Å²) in [6, 6.07) is 4.83. The normalized spacial score (nSPS) is 12.2. The van der Waals surface area contributed by atoms with Gasteiger partial charge in [0, 0.05) is 16.7 Å². The molecule has 0 aliphatic rings. The van der Waals surface area contributed by atoms with E-state index in [2.05, 4.69) is 0 Å². The molecule has 2 aromatic carbocycles. The number of ketones is 1. The van der Waals surface area contributed by atoms with Crippen molar-refractivity contribution in [2.45, 2.75) is 66.3 Å². The summed E-state index contributed by atoms with van der Waals surface area (Å²) >= 11 is 0. The molecule has 0 unspecified atom stereocenters.